The number of aliphatic hydroxyl groups is 1. The summed E-state index contributed by atoms with van der Waals surface area (Å²) in [7, 11) is 0. The molecule has 0 amide bonds. The molecule has 21 heavy (non-hydrogen) atoms. The molecule has 0 aliphatic rings. The van der Waals surface area contributed by atoms with Gasteiger partial charge in [-0.2, -0.15) is 0 Å². The molecule has 0 fully saturated rings. The van der Waals surface area contributed by atoms with E-state index in [1.807, 2.05) is 25.1 Å². The number of aromatic carboxylic acids is 1. The van der Waals surface area contributed by atoms with Crippen LogP contribution in [0.25, 0.3) is 0 Å². The fraction of sp³-hybridized carbons (Fsp3) is 0.235. The molecule has 0 unspecified atom stereocenters. The topological polar surface area (TPSA) is 66.8 Å². The van der Waals surface area contributed by atoms with Gasteiger partial charge in [0.1, 0.15) is 12.4 Å². The van der Waals surface area contributed by atoms with Crippen molar-refractivity contribution in [1.82, 2.24) is 0 Å². The number of hydrogen-bond donors (Lipinski definition) is 2. The maximum Gasteiger partial charge on any atom is 0.335 e. The average Bonchev–Trinajstić information content (AvgIpc) is 2.46. The zero-order valence-electron chi connectivity index (χ0n) is 12.0. The van der Waals surface area contributed by atoms with E-state index in [2.05, 4.69) is 0 Å². The Kier molecular flexibility index (Phi) is 4.60. The van der Waals surface area contributed by atoms with Crippen LogP contribution in [0.5, 0.6) is 5.75 Å². The van der Waals surface area contributed by atoms with Crippen molar-refractivity contribution in [2.45, 2.75) is 26.6 Å². The van der Waals surface area contributed by atoms with Gasteiger partial charge >= 0.3 is 5.97 Å². The number of benzene rings is 2. The van der Waals surface area contributed by atoms with Gasteiger partial charge in [0.2, 0.25) is 0 Å². The molecular weight excluding hydrogens is 268 g/mol. The standard InChI is InChI=1S/C17H18O4/c1-11-3-8-16(15(9-11)12(2)18)21-10-13-4-6-14(7-5-13)17(19)20/h3-9,12,18H,10H2,1-2H3,(H,19,20)/t12-/m1/s1. The highest BCUT2D eigenvalue weighted by Crippen LogP contribution is 2.27. The van der Waals surface area contributed by atoms with Gasteiger partial charge in [-0.25, -0.2) is 4.79 Å². The van der Waals surface area contributed by atoms with Crippen LogP contribution in [0.4, 0.5) is 0 Å². The Bertz CT molecular complexity index is 630. The molecular formula is C17H18O4. The number of carboxylic acids is 1. The third kappa shape index (κ3) is 3.83. The van der Waals surface area contributed by atoms with Crippen molar-refractivity contribution in [3.8, 4) is 5.75 Å². The van der Waals surface area contributed by atoms with Gasteiger partial charge in [-0.05, 0) is 43.7 Å². The lowest BCUT2D eigenvalue weighted by atomic mass is 10.1. The number of aryl methyl sites for hydroxylation is 1. The quantitative estimate of drug-likeness (QED) is 0.884. The van der Waals surface area contributed by atoms with Crippen LogP contribution < -0.4 is 4.74 Å². The monoisotopic (exact) mass is 286 g/mol. The van der Waals surface area contributed by atoms with Crippen molar-refractivity contribution in [2.75, 3.05) is 0 Å². The van der Waals surface area contributed by atoms with Crippen LogP contribution in [0, 0.1) is 6.92 Å². The van der Waals surface area contributed by atoms with Gasteiger partial charge in [-0.3, -0.25) is 0 Å². The molecule has 0 aliphatic carbocycles. The lowest BCUT2D eigenvalue weighted by Gasteiger charge is -2.14. The molecule has 4 heteroatoms. The summed E-state index contributed by atoms with van der Waals surface area (Å²) in [5.74, 6) is -0.310. The van der Waals surface area contributed by atoms with Crippen molar-refractivity contribution in [3.63, 3.8) is 0 Å². The van der Waals surface area contributed by atoms with Crippen molar-refractivity contribution in [3.05, 3.63) is 64.7 Å². The van der Waals surface area contributed by atoms with Crippen LogP contribution in [-0.4, -0.2) is 16.2 Å². The summed E-state index contributed by atoms with van der Waals surface area (Å²) in [6.07, 6.45) is -0.603. The third-order valence-corrected chi connectivity index (χ3v) is 3.21. The molecule has 0 spiro atoms. The van der Waals surface area contributed by atoms with Gasteiger partial charge in [0, 0.05) is 5.56 Å². The van der Waals surface area contributed by atoms with Gasteiger partial charge in [-0.1, -0.05) is 23.8 Å². The van der Waals surface area contributed by atoms with Gasteiger partial charge in [0.05, 0.1) is 11.7 Å². The highest BCUT2D eigenvalue weighted by atomic mass is 16.5. The second-order valence-electron chi connectivity index (χ2n) is 5.01. The summed E-state index contributed by atoms with van der Waals surface area (Å²) in [6, 6.07) is 12.2. The molecule has 2 rings (SSSR count). The molecule has 2 N–H and O–H groups in total. The van der Waals surface area contributed by atoms with Crippen molar-refractivity contribution in [1.29, 1.82) is 0 Å². The molecule has 0 bridgehead atoms. The highest BCUT2D eigenvalue weighted by Gasteiger charge is 2.10. The van der Waals surface area contributed by atoms with Crippen LogP contribution in [-0.2, 0) is 6.61 Å². The van der Waals surface area contributed by atoms with E-state index in [4.69, 9.17) is 9.84 Å². The van der Waals surface area contributed by atoms with Crippen molar-refractivity contribution in [2.24, 2.45) is 0 Å². The molecule has 0 heterocycles. The third-order valence-electron chi connectivity index (χ3n) is 3.21. The Morgan fingerprint density at radius 2 is 1.86 bits per heavy atom. The summed E-state index contributed by atoms with van der Waals surface area (Å²) in [5, 5.41) is 18.6. The number of hydrogen-bond acceptors (Lipinski definition) is 3. The SMILES string of the molecule is Cc1ccc(OCc2ccc(C(=O)O)cc2)c([C@@H](C)O)c1. The lowest BCUT2D eigenvalue weighted by molar-refractivity contribution is 0.0697. The highest BCUT2D eigenvalue weighted by molar-refractivity contribution is 5.87. The van der Waals surface area contributed by atoms with E-state index >= 15 is 0 Å². The van der Waals surface area contributed by atoms with E-state index in [9.17, 15) is 9.90 Å². The molecule has 1 atom stereocenters. The first-order valence-corrected chi connectivity index (χ1v) is 6.71. The fourth-order valence-electron chi connectivity index (χ4n) is 2.03. The molecule has 0 saturated carbocycles. The number of aliphatic hydroxyl groups excluding tert-OH is 1. The summed E-state index contributed by atoms with van der Waals surface area (Å²) < 4.78 is 5.73. The van der Waals surface area contributed by atoms with E-state index < -0.39 is 12.1 Å². The minimum Gasteiger partial charge on any atom is -0.489 e. The Labute approximate surface area is 123 Å². The number of rotatable bonds is 5. The molecule has 0 saturated heterocycles. The van der Waals surface area contributed by atoms with Crippen molar-refractivity contribution < 1.29 is 19.7 Å². The average molecular weight is 286 g/mol. The number of carboxylic acid groups (broad SMARTS) is 1. The molecule has 4 nitrogen and oxygen atoms in total. The van der Waals surface area contributed by atoms with Crippen LogP contribution >= 0.6 is 0 Å². The van der Waals surface area contributed by atoms with Crippen LogP contribution in [0.15, 0.2) is 42.5 Å². The summed E-state index contributed by atoms with van der Waals surface area (Å²) in [4.78, 5) is 10.8. The molecule has 2 aromatic carbocycles. The second-order valence-corrected chi connectivity index (χ2v) is 5.01. The van der Waals surface area contributed by atoms with Crippen LogP contribution in [0.3, 0.4) is 0 Å². The predicted molar refractivity (Wildman–Crippen MR) is 79.5 cm³/mol. The Hall–Kier alpha value is -2.33. The van der Waals surface area contributed by atoms with Crippen molar-refractivity contribution >= 4 is 5.97 Å². The first-order valence-electron chi connectivity index (χ1n) is 6.71. The smallest absolute Gasteiger partial charge is 0.335 e. The Morgan fingerprint density at radius 3 is 2.43 bits per heavy atom. The van der Waals surface area contributed by atoms with Gasteiger partial charge in [0.15, 0.2) is 0 Å². The first-order chi connectivity index (χ1) is 9.97. The summed E-state index contributed by atoms with van der Waals surface area (Å²) >= 11 is 0. The molecule has 0 aromatic heterocycles. The maximum absolute atomic E-state index is 10.8. The molecule has 0 radical (unpaired) electrons. The Morgan fingerprint density at radius 1 is 1.19 bits per heavy atom. The largest absolute Gasteiger partial charge is 0.489 e. The minimum atomic E-state index is -0.947. The predicted octanol–water partition coefficient (Wildman–Crippen LogP) is 3.33. The number of carbonyl (C=O) groups is 1. The summed E-state index contributed by atoms with van der Waals surface area (Å²) in [6.45, 7) is 3.98. The second kappa shape index (κ2) is 6.41. The van der Waals surface area contributed by atoms with Gasteiger partial charge in [-0.15, -0.1) is 0 Å². The zero-order valence-corrected chi connectivity index (χ0v) is 12.0. The van der Waals surface area contributed by atoms with E-state index in [0.717, 1.165) is 16.7 Å². The first kappa shape index (κ1) is 15.1. The van der Waals surface area contributed by atoms with Gasteiger partial charge < -0.3 is 14.9 Å². The zero-order chi connectivity index (χ0) is 15.4. The van der Waals surface area contributed by atoms with E-state index in [1.54, 1.807) is 31.2 Å². The van der Waals surface area contributed by atoms with Gasteiger partial charge in [0.25, 0.3) is 0 Å². The van der Waals surface area contributed by atoms with E-state index in [1.165, 1.54) is 0 Å². The normalized spacial score (nSPS) is 12.0. The van der Waals surface area contributed by atoms with Crippen LogP contribution in [0.2, 0.25) is 0 Å². The fourth-order valence-corrected chi connectivity index (χ4v) is 2.03. The molecule has 2 aromatic rings. The van der Waals surface area contributed by atoms with Crippen LogP contribution in [0.1, 0.15) is 40.1 Å². The van der Waals surface area contributed by atoms with E-state index in [-0.39, 0.29) is 5.56 Å². The summed E-state index contributed by atoms with van der Waals surface area (Å²) in [5.41, 5.74) is 2.93. The lowest BCUT2D eigenvalue weighted by Crippen LogP contribution is -2.02. The van der Waals surface area contributed by atoms with E-state index in [0.29, 0.717) is 12.4 Å². The minimum absolute atomic E-state index is 0.249. The molecule has 110 valence electrons. The number of ether oxygens (including phenoxy) is 1. The maximum atomic E-state index is 10.8. The molecule has 0 aliphatic heterocycles. The Balaban J connectivity index is 2.11.